The molecule has 5 nitrogen and oxygen atoms in total. The third kappa shape index (κ3) is 3.11. The van der Waals surface area contributed by atoms with E-state index in [1.807, 2.05) is 12.1 Å². The molecule has 7 heteroatoms. The summed E-state index contributed by atoms with van der Waals surface area (Å²) in [7, 11) is 0. The molecular weight excluding hydrogens is 337 g/mol. The minimum Gasteiger partial charge on any atom is -0.477 e. The fourth-order valence-electron chi connectivity index (χ4n) is 2.51. The highest BCUT2D eigenvalue weighted by Gasteiger charge is 2.33. The van der Waals surface area contributed by atoms with Crippen molar-refractivity contribution in [1.29, 1.82) is 0 Å². The number of halogens is 2. The fraction of sp³-hybridized carbons (Fsp3) is 0.125. The van der Waals surface area contributed by atoms with Crippen LogP contribution in [0.2, 0.25) is 10.0 Å². The molecule has 1 heterocycles. The summed E-state index contributed by atoms with van der Waals surface area (Å²) >= 11 is 12.2. The Kier molecular flexibility index (Phi) is 4.15. The van der Waals surface area contributed by atoms with Gasteiger partial charge in [0.25, 0.3) is 0 Å². The molecule has 0 saturated carbocycles. The van der Waals surface area contributed by atoms with Crippen molar-refractivity contribution in [1.82, 2.24) is 0 Å². The highest BCUT2D eigenvalue weighted by Crippen LogP contribution is 2.39. The molecule has 2 aromatic carbocycles. The highest BCUT2D eigenvalue weighted by molar-refractivity contribution is 6.38. The standard InChI is InChI=1S/C16H13Cl2N3O2/c17-10-3-6-14(12(18)7-10)21-15(8-13(20-21)16(22)23)9-1-4-11(19)5-2-9/h1-7,15H,8,19H2,(H,22,23). The summed E-state index contributed by atoms with van der Waals surface area (Å²) in [6, 6.07) is 12.0. The van der Waals surface area contributed by atoms with Gasteiger partial charge < -0.3 is 10.8 Å². The van der Waals surface area contributed by atoms with Crippen LogP contribution in [0.5, 0.6) is 0 Å². The number of carboxylic acid groups (broad SMARTS) is 1. The van der Waals surface area contributed by atoms with Crippen LogP contribution in [0.1, 0.15) is 18.0 Å². The Morgan fingerprint density at radius 2 is 1.91 bits per heavy atom. The van der Waals surface area contributed by atoms with Gasteiger partial charge in [-0.1, -0.05) is 35.3 Å². The van der Waals surface area contributed by atoms with Gasteiger partial charge in [0, 0.05) is 17.1 Å². The van der Waals surface area contributed by atoms with E-state index < -0.39 is 5.97 Å². The monoisotopic (exact) mass is 349 g/mol. The lowest BCUT2D eigenvalue weighted by atomic mass is 10.0. The summed E-state index contributed by atoms with van der Waals surface area (Å²) in [6.07, 6.45) is 0.276. The summed E-state index contributed by atoms with van der Waals surface area (Å²) in [5.41, 5.74) is 7.95. The minimum atomic E-state index is -1.04. The van der Waals surface area contributed by atoms with Gasteiger partial charge in [0.2, 0.25) is 0 Å². The molecule has 3 rings (SSSR count). The number of carboxylic acids is 1. The van der Waals surface area contributed by atoms with Gasteiger partial charge in [0.15, 0.2) is 0 Å². The molecule has 1 unspecified atom stereocenters. The Balaban J connectivity index is 2.04. The van der Waals surface area contributed by atoms with E-state index in [0.29, 0.717) is 21.4 Å². The number of benzene rings is 2. The average Bonchev–Trinajstić information content (AvgIpc) is 2.93. The Labute approximate surface area is 142 Å². The molecule has 3 N–H and O–H groups in total. The molecular formula is C16H13Cl2N3O2. The minimum absolute atomic E-state index is 0.0813. The molecule has 0 aliphatic carbocycles. The van der Waals surface area contributed by atoms with E-state index in [2.05, 4.69) is 5.10 Å². The van der Waals surface area contributed by atoms with Crippen LogP contribution < -0.4 is 10.7 Å². The summed E-state index contributed by atoms with van der Waals surface area (Å²) in [4.78, 5) is 11.3. The van der Waals surface area contributed by atoms with Crippen LogP contribution in [0.25, 0.3) is 0 Å². The molecule has 0 fully saturated rings. The molecule has 0 bridgehead atoms. The first kappa shape index (κ1) is 15.6. The molecule has 23 heavy (non-hydrogen) atoms. The lowest BCUT2D eigenvalue weighted by molar-refractivity contribution is -0.129. The molecule has 0 saturated heterocycles. The summed E-state index contributed by atoms with van der Waals surface area (Å²) < 4.78 is 0. The zero-order valence-electron chi connectivity index (χ0n) is 11.9. The molecule has 2 aromatic rings. The second-order valence-electron chi connectivity index (χ2n) is 5.18. The van der Waals surface area contributed by atoms with Gasteiger partial charge in [-0.3, -0.25) is 5.01 Å². The summed E-state index contributed by atoms with van der Waals surface area (Å²) in [5, 5.41) is 16.0. The van der Waals surface area contributed by atoms with Crippen molar-refractivity contribution in [2.24, 2.45) is 5.10 Å². The molecule has 0 radical (unpaired) electrons. The second kappa shape index (κ2) is 6.10. The smallest absolute Gasteiger partial charge is 0.352 e. The third-order valence-corrected chi connectivity index (χ3v) is 4.17. The molecule has 0 spiro atoms. The number of aliphatic carboxylic acids is 1. The van der Waals surface area contributed by atoms with Crippen LogP contribution in [0, 0.1) is 0 Å². The average molecular weight is 350 g/mol. The van der Waals surface area contributed by atoms with Gasteiger partial charge in [-0.25, -0.2) is 4.79 Å². The molecule has 0 aromatic heterocycles. The van der Waals surface area contributed by atoms with Crippen molar-refractivity contribution < 1.29 is 9.90 Å². The summed E-state index contributed by atoms with van der Waals surface area (Å²) in [5.74, 6) is -1.04. The van der Waals surface area contributed by atoms with Gasteiger partial charge in [-0.2, -0.15) is 5.10 Å². The van der Waals surface area contributed by atoms with Crippen LogP contribution in [0.15, 0.2) is 47.6 Å². The number of carbonyl (C=O) groups is 1. The van der Waals surface area contributed by atoms with Crippen molar-refractivity contribution in [2.75, 3.05) is 10.7 Å². The van der Waals surface area contributed by atoms with E-state index in [1.54, 1.807) is 35.3 Å². The van der Waals surface area contributed by atoms with Crippen molar-refractivity contribution in [3.63, 3.8) is 0 Å². The molecule has 1 atom stereocenters. The zero-order chi connectivity index (χ0) is 16.6. The van der Waals surface area contributed by atoms with Crippen LogP contribution in [0.3, 0.4) is 0 Å². The lowest BCUT2D eigenvalue weighted by Crippen LogP contribution is -2.19. The van der Waals surface area contributed by atoms with Gasteiger partial charge in [0.1, 0.15) is 5.71 Å². The Bertz CT molecular complexity index is 790. The number of nitrogen functional groups attached to an aromatic ring is 1. The van der Waals surface area contributed by atoms with Crippen LogP contribution in [-0.4, -0.2) is 16.8 Å². The fourth-order valence-corrected chi connectivity index (χ4v) is 3.00. The topological polar surface area (TPSA) is 78.9 Å². The van der Waals surface area contributed by atoms with Crippen molar-refractivity contribution in [3.8, 4) is 0 Å². The first-order valence-corrected chi connectivity index (χ1v) is 7.62. The van der Waals surface area contributed by atoms with Crippen molar-refractivity contribution >= 4 is 46.3 Å². The van der Waals surface area contributed by atoms with Gasteiger partial charge in [-0.15, -0.1) is 0 Å². The van der Waals surface area contributed by atoms with Crippen molar-refractivity contribution in [2.45, 2.75) is 12.5 Å². The maximum absolute atomic E-state index is 11.3. The van der Waals surface area contributed by atoms with Crippen molar-refractivity contribution in [3.05, 3.63) is 58.1 Å². The summed E-state index contributed by atoms with van der Waals surface area (Å²) in [6.45, 7) is 0. The van der Waals surface area contributed by atoms with E-state index >= 15 is 0 Å². The third-order valence-electron chi connectivity index (χ3n) is 3.64. The van der Waals surface area contributed by atoms with Crippen LogP contribution in [-0.2, 0) is 4.79 Å². The Morgan fingerprint density at radius 3 is 2.52 bits per heavy atom. The van der Waals surface area contributed by atoms with E-state index in [9.17, 15) is 9.90 Å². The van der Waals surface area contributed by atoms with E-state index in [1.165, 1.54) is 0 Å². The number of rotatable bonds is 3. The SMILES string of the molecule is Nc1ccc(C2CC(C(=O)O)=NN2c2ccc(Cl)cc2Cl)cc1. The lowest BCUT2D eigenvalue weighted by Gasteiger charge is -2.25. The van der Waals surface area contributed by atoms with Gasteiger partial charge >= 0.3 is 5.97 Å². The van der Waals surface area contributed by atoms with E-state index in [-0.39, 0.29) is 18.2 Å². The van der Waals surface area contributed by atoms with Gasteiger partial charge in [0.05, 0.1) is 16.8 Å². The van der Waals surface area contributed by atoms with E-state index in [0.717, 1.165) is 5.56 Å². The molecule has 118 valence electrons. The van der Waals surface area contributed by atoms with Crippen LogP contribution >= 0.6 is 23.2 Å². The first-order chi connectivity index (χ1) is 11.0. The van der Waals surface area contributed by atoms with Crippen LogP contribution in [0.4, 0.5) is 11.4 Å². The maximum Gasteiger partial charge on any atom is 0.352 e. The number of hydrazone groups is 1. The largest absolute Gasteiger partial charge is 0.477 e. The number of hydrogen-bond acceptors (Lipinski definition) is 4. The number of hydrogen-bond donors (Lipinski definition) is 2. The second-order valence-corrected chi connectivity index (χ2v) is 6.02. The molecule has 1 aliphatic rings. The number of nitrogens with zero attached hydrogens (tertiary/aromatic N) is 2. The molecule has 1 aliphatic heterocycles. The predicted octanol–water partition coefficient (Wildman–Crippen LogP) is 3.97. The Morgan fingerprint density at radius 1 is 1.22 bits per heavy atom. The Hall–Kier alpha value is -2.24. The predicted molar refractivity (Wildman–Crippen MR) is 92.2 cm³/mol. The molecule has 0 amide bonds. The zero-order valence-corrected chi connectivity index (χ0v) is 13.4. The number of nitrogens with two attached hydrogens (primary N) is 1. The number of anilines is 2. The van der Waals surface area contributed by atoms with Gasteiger partial charge in [-0.05, 0) is 35.9 Å². The quantitative estimate of drug-likeness (QED) is 0.821. The maximum atomic E-state index is 11.3. The first-order valence-electron chi connectivity index (χ1n) is 6.86. The van der Waals surface area contributed by atoms with E-state index in [4.69, 9.17) is 28.9 Å². The highest BCUT2D eigenvalue weighted by atomic mass is 35.5. The normalized spacial score (nSPS) is 17.2.